The summed E-state index contributed by atoms with van der Waals surface area (Å²) in [5.74, 6) is 1.52. The van der Waals surface area contributed by atoms with Crippen LogP contribution in [0.5, 0.6) is 5.75 Å². The first kappa shape index (κ1) is 15.5. The number of rotatable bonds is 6. The first-order valence-electron chi connectivity index (χ1n) is 8.14. The third-order valence-electron chi connectivity index (χ3n) is 3.98. The Morgan fingerprint density at radius 1 is 1.32 bits per heavy atom. The van der Waals surface area contributed by atoms with Crippen molar-refractivity contribution in [1.29, 1.82) is 0 Å². The fourth-order valence-electron chi connectivity index (χ4n) is 2.78. The van der Waals surface area contributed by atoms with Gasteiger partial charge in [-0.2, -0.15) is 0 Å². The number of ether oxygens (including phenoxy) is 1. The predicted molar refractivity (Wildman–Crippen MR) is 91.9 cm³/mol. The van der Waals surface area contributed by atoms with Crippen LogP contribution >= 0.6 is 11.3 Å². The standard InChI is InChI=1S/C18H24N2OS/c1-13(2)14-6-3-4-7-16(14)21-11-5-8-18-20-15-9-10-19-12-17(15)22-18/h3-4,6-7,13,19H,5,8-12H2,1-2H3. The van der Waals surface area contributed by atoms with E-state index in [-0.39, 0.29) is 0 Å². The van der Waals surface area contributed by atoms with Crippen molar-refractivity contribution < 1.29 is 4.74 Å². The molecule has 1 aromatic heterocycles. The van der Waals surface area contributed by atoms with E-state index in [1.54, 1.807) is 0 Å². The van der Waals surface area contributed by atoms with Gasteiger partial charge in [-0.25, -0.2) is 4.98 Å². The molecule has 1 N–H and O–H groups in total. The number of fused-ring (bicyclic) bond motifs is 1. The third-order valence-corrected chi connectivity index (χ3v) is 5.14. The van der Waals surface area contributed by atoms with Gasteiger partial charge in [0.2, 0.25) is 0 Å². The van der Waals surface area contributed by atoms with E-state index >= 15 is 0 Å². The van der Waals surface area contributed by atoms with Crippen LogP contribution in [0, 0.1) is 0 Å². The van der Waals surface area contributed by atoms with Gasteiger partial charge in [-0.05, 0) is 24.0 Å². The van der Waals surface area contributed by atoms with Crippen LogP contribution in [-0.2, 0) is 19.4 Å². The molecule has 4 heteroatoms. The van der Waals surface area contributed by atoms with Gasteiger partial charge in [-0.15, -0.1) is 11.3 Å². The Labute approximate surface area is 136 Å². The maximum Gasteiger partial charge on any atom is 0.122 e. The van der Waals surface area contributed by atoms with Gasteiger partial charge in [0.1, 0.15) is 5.75 Å². The zero-order valence-corrected chi connectivity index (χ0v) is 14.2. The molecule has 0 amide bonds. The van der Waals surface area contributed by atoms with Crippen LogP contribution in [-0.4, -0.2) is 18.1 Å². The minimum absolute atomic E-state index is 0.495. The van der Waals surface area contributed by atoms with Crippen molar-refractivity contribution in [2.45, 2.75) is 45.6 Å². The van der Waals surface area contributed by atoms with Gasteiger partial charge in [0.15, 0.2) is 0 Å². The smallest absolute Gasteiger partial charge is 0.122 e. The molecule has 0 unspecified atom stereocenters. The second-order valence-electron chi connectivity index (χ2n) is 6.05. The monoisotopic (exact) mass is 316 g/mol. The minimum Gasteiger partial charge on any atom is -0.493 e. The van der Waals surface area contributed by atoms with Gasteiger partial charge in [0.05, 0.1) is 17.3 Å². The summed E-state index contributed by atoms with van der Waals surface area (Å²) < 4.78 is 5.99. The second kappa shape index (κ2) is 7.25. The lowest BCUT2D eigenvalue weighted by atomic mass is 10.0. The zero-order valence-electron chi connectivity index (χ0n) is 13.4. The molecule has 0 spiro atoms. The highest BCUT2D eigenvalue weighted by Gasteiger charge is 2.14. The van der Waals surface area contributed by atoms with E-state index in [2.05, 4.69) is 37.4 Å². The van der Waals surface area contributed by atoms with Gasteiger partial charge in [0, 0.05) is 30.8 Å². The quantitative estimate of drug-likeness (QED) is 0.820. The molecule has 3 rings (SSSR count). The zero-order chi connectivity index (χ0) is 15.4. The fourth-order valence-corrected chi connectivity index (χ4v) is 3.91. The fraction of sp³-hybridized carbons (Fsp3) is 0.500. The first-order chi connectivity index (χ1) is 10.7. The Balaban J connectivity index is 1.51. The normalized spacial score (nSPS) is 14.1. The van der Waals surface area contributed by atoms with E-state index in [9.17, 15) is 0 Å². The van der Waals surface area contributed by atoms with E-state index in [0.29, 0.717) is 5.92 Å². The number of aromatic nitrogens is 1. The molecule has 1 aliphatic rings. The van der Waals surface area contributed by atoms with E-state index in [1.165, 1.54) is 21.1 Å². The molecule has 0 fully saturated rings. The maximum absolute atomic E-state index is 5.99. The van der Waals surface area contributed by atoms with Gasteiger partial charge < -0.3 is 10.1 Å². The Hall–Kier alpha value is -1.39. The summed E-state index contributed by atoms with van der Waals surface area (Å²) in [7, 11) is 0. The highest BCUT2D eigenvalue weighted by atomic mass is 32.1. The number of hydrogen-bond donors (Lipinski definition) is 1. The highest BCUT2D eigenvalue weighted by Crippen LogP contribution is 2.26. The molecule has 22 heavy (non-hydrogen) atoms. The number of aryl methyl sites for hydroxylation is 1. The molecule has 3 nitrogen and oxygen atoms in total. The molecular weight excluding hydrogens is 292 g/mol. The Kier molecular flexibility index (Phi) is 5.11. The van der Waals surface area contributed by atoms with E-state index < -0.39 is 0 Å². The summed E-state index contributed by atoms with van der Waals surface area (Å²) in [6.07, 6.45) is 3.11. The van der Waals surface area contributed by atoms with Gasteiger partial charge >= 0.3 is 0 Å². The number of benzene rings is 1. The molecule has 1 aromatic carbocycles. The van der Waals surface area contributed by atoms with E-state index in [0.717, 1.165) is 44.7 Å². The molecule has 1 aliphatic heterocycles. The largest absolute Gasteiger partial charge is 0.493 e. The maximum atomic E-state index is 5.99. The van der Waals surface area contributed by atoms with E-state index in [4.69, 9.17) is 9.72 Å². The summed E-state index contributed by atoms with van der Waals surface area (Å²) in [5.41, 5.74) is 2.60. The summed E-state index contributed by atoms with van der Waals surface area (Å²) in [6.45, 7) is 7.22. The SMILES string of the molecule is CC(C)c1ccccc1OCCCc1nc2c(s1)CNCC2. The minimum atomic E-state index is 0.495. The summed E-state index contributed by atoms with van der Waals surface area (Å²) in [5, 5.41) is 4.66. The first-order valence-corrected chi connectivity index (χ1v) is 8.95. The number of hydrogen-bond acceptors (Lipinski definition) is 4. The molecule has 2 aromatic rings. The second-order valence-corrected chi connectivity index (χ2v) is 7.22. The molecule has 0 bridgehead atoms. The molecule has 118 valence electrons. The number of thiazole rings is 1. The molecule has 0 saturated carbocycles. The van der Waals surface area contributed by atoms with Crippen LogP contribution in [0.1, 0.15) is 47.3 Å². The Bertz CT molecular complexity index is 598. The van der Waals surface area contributed by atoms with Crippen molar-refractivity contribution in [2.75, 3.05) is 13.2 Å². The lowest BCUT2D eigenvalue weighted by Crippen LogP contribution is -2.22. The van der Waals surface area contributed by atoms with Crippen molar-refractivity contribution in [3.63, 3.8) is 0 Å². The van der Waals surface area contributed by atoms with Gasteiger partial charge in [0.25, 0.3) is 0 Å². The van der Waals surface area contributed by atoms with Crippen LogP contribution < -0.4 is 10.1 Å². The number of para-hydroxylation sites is 1. The van der Waals surface area contributed by atoms with Crippen LogP contribution in [0.15, 0.2) is 24.3 Å². The van der Waals surface area contributed by atoms with Crippen LogP contribution in [0.3, 0.4) is 0 Å². The van der Waals surface area contributed by atoms with Gasteiger partial charge in [-0.1, -0.05) is 32.0 Å². The topological polar surface area (TPSA) is 34.1 Å². The summed E-state index contributed by atoms with van der Waals surface area (Å²) >= 11 is 1.86. The van der Waals surface area contributed by atoms with Crippen LogP contribution in [0.25, 0.3) is 0 Å². The molecule has 0 aliphatic carbocycles. The van der Waals surface area contributed by atoms with E-state index in [1.807, 2.05) is 17.4 Å². The molecular formula is C18H24N2OS. The van der Waals surface area contributed by atoms with Crippen molar-refractivity contribution in [3.05, 3.63) is 45.4 Å². The number of nitrogens with one attached hydrogen (secondary N) is 1. The lowest BCUT2D eigenvalue weighted by Gasteiger charge is -2.13. The van der Waals surface area contributed by atoms with Crippen molar-refractivity contribution in [3.8, 4) is 5.75 Å². The number of nitrogens with zero attached hydrogens (tertiary/aromatic N) is 1. The van der Waals surface area contributed by atoms with Crippen molar-refractivity contribution in [1.82, 2.24) is 10.3 Å². The van der Waals surface area contributed by atoms with Crippen molar-refractivity contribution >= 4 is 11.3 Å². The molecule has 2 heterocycles. The van der Waals surface area contributed by atoms with Gasteiger partial charge in [-0.3, -0.25) is 0 Å². The van der Waals surface area contributed by atoms with Crippen LogP contribution in [0.4, 0.5) is 0 Å². The van der Waals surface area contributed by atoms with Crippen LogP contribution in [0.2, 0.25) is 0 Å². The van der Waals surface area contributed by atoms with Crippen molar-refractivity contribution in [2.24, 2.45) is 0 Å². The lowest BCUT2D eigenvalue weighted by molar-refractivity contribution is 0.306. The predicted octanol–water partition coefficient (Wildman–Crippen LogP) is 3.92. The molecule has 0 radical (unpaired) electrons. The Morgan fingerprint density at radius 2 is 2.18 bits per heavy atom. The third kappa shape index (κ3) is 3.68. The average Bonchev–Trinajstić information content (AvgIpc) is 2.94. The molecule has 0 atom stereocenters. The average molecular weight is 316 g/mol. The Morgan fingerprint density at radius 3 is 3.00 bits per heavy atom. The summed E-state index contributed by atoms with van der Waals surface area (Å²) in [6, 6.07) is 8.35. The molecule has 0 saturated heterocycles. The highest BCUT2D eigenvalue weighted by molar-refractivity contribution is 7.11. The summed E-state index contributed by atoms with van der Waals surface area (Å²) in [4.78, 5) is 6.19.